The van der Waals surface area contributed by atoms with E-state index in [2.05, 4.69) is 72.3 Å². The van der Waals surface area contributed by atoms with Crippen molar-refractivity contribution >= 4 is 29.0 Å². The summed E-state index contributed by atoms with van der Waals surface area (Å²) in [4.78, 5) is 17.3. The zero-order valence-electron chi connectivity index (χ0n) is 22.2. The molecular formula is C31H38N4O2. The highest BCUT2D eigenvalue weighted by Crippen LogP contribution is 2.24. The van der Waals surface area contributed by atoms with Crippen LogP contribution in [0.2, 0.25) is 0 Å². The molecule has 37 heavy (non-hydrogen) atoms. The van der Waals surface area contributed by atoms with Gasteiger partial charge in [-0.25, -0.2) is 0 Å². The number of para-hydroxylation sites is 2. The highest BCUT2D eigenvalue weighted by atomic mass is 16.5. The van der Waals surface area contributed by atoms with Crippen molar-refractivity contribution in [2.75, 3.05) is 55.3 Å². The number of hydrogen-bond donors (Lipinski definition) is 2. The van der Waals surface area contributed by atoms with E-state index in [9.17, 15) is 4.79 Å². The fourth-order valence-corrected chi connectivity index (χ4v) is 4.49. The molecule has 0 atom stereocenters. The summed E-state index contributed by atoms with van der Waals surface area (Å²) in [7, 11) is 0. The zero-order valence-corrected chi connectivity index (χ0v) is 22.2. The lowest BCUT2D eigenvalue weighted by molar-refractivity contribution is -0.111. The highest BCUT2D eigenvalue weighted by molar-refractivity contribution is 6.03. The van der Waals surface area contributed by atoms with Gasteiger partial charge in [0.2, 0.25) is 5.91 Å². The summed E-state index contributed by atoms with van der Waals surface area (Å²) in [5.74, 6) is -0.207. The van der Waals surface area contributed by atoms with Crippen molar-refractivity contribution in [3.05, 3.63) is 94.6 Å². The monoisotopic (exact) mass is 498 g/mol. The molecule has 0 unspecified atom stereocenters. The quantitative estimate of drug-likeness (QED) is 0.314. The molecular weight excluding hydrogens is 460 g/mol. The Kier molecular flexibility index (Phi) is 8.99. The summed E-state index contributed by atoms with van der Waals surface area (Å²) in [5.41, 5.74) is 14.5. The molecule has 6 nitrogen and oxygen atoms in total. The number of nitrogens with two attached hydrogens (primary N) is 1. The minimum absolute atomic E-state index is 0.207. The SMILES string of the molecule is Cc1cc(N(CCN2CCOCC2)Cc2ccc(/C=C/C(=O)Nc3ccccc3N)cc2)cc(C)c1C. The molecule has 0 bridgehead atoms. The second kappa shape index (κ2) is 12.6. The number of carbonyl (C=O) groups is 1. The van der Waals surface area contributed by atoms with E-state index in [-0.39, 0.29) is 5.91 Å². The van der Waals surface area contributed by atoms with Crippen LogP contribution in [-0.4, -0.2) is 50.2 Å². The summed E-state index contributed by atoms with van der Waals surface area (Å²) in [6.07, 6.45) is 3.36. The first-order valence-corrected chi connectivity index (χ1v) is 12.9. The van der Waals surface area contributed by atoms with E-state index in [1.807, 2.05) is 18.2 Å². The Balaban J connectivity index is 1.43. The predicted molar refractivity (Wildman–Crippen MR) is 154 cm³/mol. The van der Waals surface area contributed by atoms with Gasteiger partial charge in [0.15, 0.2) is 0 Å². The molecule has 6 heteroatoms. The number of rotatable bonds is 9. The third kappa shape index (κ3) is 7.44. The summed E-state index contributed by atoms with van der Waals surface area (Å²) in [5, 5.41) is 2.82. The van der Waals surface area contributed by atoms with Crippen molar-refractivity contribution in [3.63, 3.8) is 0 Å². The third-order valence-electron chi connectivity index (χ3n) is 7.07. The van der Waals surface area contributed by atoms with Crippen molar-refractivity contribution in [3.8, 4) is 0 Å². The number of benzene rings is 3. The molecule has 3 aromatic carbocycles. The van der Waals surface area contributed by atoms with Crippen LogP contribution >= 0.6 is 0 Å². The number of nitrogens with one attached hydrogen (secondary N) is 1. The van der Waals surface area contributed by atoms with Crippen LogP contribution < -0.4 is 16.0 Å². The first kappa shape index (κ1) is 26.5. The Hall–Kier alpha value is -3.61. The molecule has 1 fully saturated rings. The number of amides is 1. The van der Waals surface area contributed by atoms with Crippen LogP contribution in [0.1, 0.15) is 27.8 Å². The molecule has 1 aliphatic rings. The van der Waals surface area contributed by atoms with Crippen LogP contribution in [0.5, 0.6) is 0 Å². The lowest BCUT2D eigenvalue weighted by Crippen LogP contribution is -2.41. The van der Waals surface area contributed by atoms with Gasteiger partial charge in [-0.1, -0.05) is 36.4 Å². The van der Waals surface area contributed by atoms with Crippen LogP contribution in [-0.2, 0) is 16.1 Å². The number of nitrogen functional groups attached to an aromatic ring is 1. The standard InChI is InChI=1S/C31H38N4O2/c1-23-20-28(21-24(2)25(23)3)35(15-14-34-16-18-37-19-17-34)22-27-10-8-26(9-11-27)12-13-31(36)33-30-7-5-4-6-29(30)32/h4-13,20-21H,14-19,22,32H2,1-3H3,(H,33,36)/b13-12+. The van der Waals surface area contributed by atoms with E-state index in [4.69, 9.17) is 10.5 Å². The lowest BCUT2D eigenvalue weighted by Gasteiger charge is -2.32. The molecule has 0 saturated carbocycles. The molecule has 194 valence electrons. The van der Waals surface area contributed by atoms with Gasteiger partial charge in [0.25, 0.3) is 0 Å². The molecule has 1 saturated heterocycles. The molecule has 1 amide bonds. The van der Waals surface area contributed by atoms with Gasteiger partial charge < -0.3 is 20.7 Å². The Morgan fingerprint density at radius 2 is 1.70 bits per heavy atom. The van der Waals surface area contributed by atoms with Crippen molar-refractivity contribution in [1.29, 1.82) is 0 Å². The first-order valence-electron chi connectivity index (χ1n) is 12.9. The van der Waals surface area contributed by atoms with Crippen molar-refractivity contribution in [1.82, 2.24) is 4.90 Å². The molecule has 0 spiro atoms. The molecule has 0 radical (unpaired) electrons. The van der Waals surface area contributed by atoms with Gasteiger partial charge in [-0.15, -0.1) is 0 Å². The largest absolute Gasteiger partial charge is 0.397 e. The highest BCUT2D eigenvalue weighted by Gasteiger charge is 2.15. The van der Waals surface area contributed by atoms with Crippen molar-refractivity contribution in [2.45, 2.75) is 27.3 Å². The lowest BCUT2D eigenvalue weighted by atomic mass is 10.0. The molecule has 1 heterocycles. The maximum Gasteiger partial charge on any atom is 0.248 e. The van der Waals surface area contributed by atoms with Crippen LogP contribution in [0.25, 0.3) is 6.08 Å². The Bertz CT molecular complexity index is 1210. The van der Waals surface area contributed by atoms with E-state index in [1.165, 1.54) is 34.0 Å². The zero-order chi connectivity index (χ0) is 26.2. The summed E-state index contributed by atoms with van der Waals surface area (Å²) >= 11 is 0. The number of morpholine rings is 1. The molecule has 0 aliphatic carbocycles. The number of ether oxygens (including phenoxy) is 1. The van der Waals surface area contributed by atoms with Gasteiger partial charge in [-0.2, -0.15) is 0 Å². The van der Waals surface area contributed by atoms with Gasteiger partial charge >= 0.3 is 0 Å². The van der Waals surface area contributed by atoms with Gasteiger partial charge in [0.1, 0.15) is 0 Å². The number of carbonyl (C=O) groups excluding carboxylic acids is 1. The predicted octanol–water partition coefficient (Wildman–Crippen LogP) is 5.18. The molecule has 3 N–H and O–H groups in total. The average Bonchev–Trinajstić information content (AvgIpc) is 2.91. The maximum atomic E-state index is 12.3. The number of hydrogen-bond acceptors (Lipinski definition) is 5. The van der Waals surface area contributed by atoms with Crippen LogP contribution in [0.3, 0.4) is 0 Å². The summed E-state index contributed by atoms with van der Waals surface area (Å²) in [6, 6.07) is 20.2. The Morgan fingerprint density at radius 1 is 1.03 bits per heavy atom. The van der Waals surface area contributed by atoms with Crippen molar-refractivity contribution in [2.24, 2.45) is 0 Å². The van der Waals surface area contributed by atoms with Gasteiger partial charge in [-0.3, -0.25) is 9.69 Å². The number of aryl methyl sites for hydroxylation is 2. The van der Waals surface area contributed by atoms with Crippen molar-refractivity contribution < 1.29 is 9.53 Å². The number of anilines is 3. The molecule has 0 aromatic heterocycles. The Labute approximate surface area is 220 Å². The maximum absolute atomic E-state index is 12.3. The second-order valence-electron chi connectivity index (χ2n) is 9.73. The minimum Gasteiger partial charge on any atom is -0.397 e. The Morgan fingerprint density at radius 3 is 2.38 bits per heavy atom. The normalized spacial score (nSPS) is 14.1. The van der Waals surface area contributed by atoms with E-state index in [1.54, 1.807) is 12.1 Å². The van der Waals surface area contributed by atoms with E-state index >= 15 is 0 Å². The topological polar surface area (TPSA) is 70.8 Å². The molecule has 4 rings (SSSR count). The fraction of sp³-hybridized carbons (Fsp3) is 0.323. The minimum atomic E-state index is -0.207. The summed E-state index contributed by atoms with van der Waals surface area (Å²) in [6.45, 7) is 13.0. The second-order valence-corrected chi connectivity index (χ2v) is 9.73. The smallest absolute Gasteiger partial charge is 0.248 e. The van der Waals surface area contributed by atoms with Gasteiger partial charge in [0, 0.05) is 44.5 Å². The average molecular weight is 499 g/mol. The first-order chi connectivity index (χ1) is 17.9. The van der Waals surface area contributed by atoms with Gasteiger partial charge in [-0.05, 0) is 78.9 Å². The third-order valence-corrected chi connectivity index (χ3v) is 7.07. The molecule has 3 aromatic rings. The van der Waals surface area contributed by atoms with Crippen LogP contribution in [0, 0.1) is 20.8 Å². The van der Waals surface area contributed by atoms with E-state index in [0.29, 0.717) is 11.4 Å². The van der Waals surface area contributed by atoms with E-state index in [0.717, 1.165) is 51.5 Å². The van der Waals surface area contributed by atoms with Gasteiger partial charge in [0.05, 0.1) is 24.6 Å². The fourth-order valence-electron chi connectivity index (χ4n) is 4.49. The number of nitrogens with zero attached hydrogens (tertiary/aromatic N) is 2. The van der Waals surface area contributed by atoms with Crippen LogP contribution in [0.15, 0.2) is 66.7 Å². The van der Waals surface area contributed by atoms with E-state index < -0.39 is 0 Å². The summed E-state index contributed by atoms with van der Waals surface area (Å²) < 4.78 is 5.52. The van der Waals surface area contributed by atoms with Crippen LogP contribution in [0.4, 0.5) is 17.1 Å². The molecule has 1 aliphatic heterocycles.